The molecule has 2 rings (SSSR count). The summed E-state index contributed by atoms with van der Waals surface area (Å²) in [5.41, 5.74) is 17.6. The van der Waals surface area contributed by atoms with Gasteiger partial charge in [-0.05, 0) is 32.6 Å². The molecular formula is C17H37Cl3N4O5. The number of carbonyl (C=O) groups excluding carboxylic acids is 1. The minimum Gasteiger partial charge on any atom is -0.388 e. The third-order valence-electron chi connectivity index (χ3n) is 5.50. The fourth-order valence-electron chi connectivity index (χ4n) is 3.83. The fraction of sp³-hybridized carbons (Fsp3) is 0.941. The van der Waals surface area contributed by atoms with E-state index in [1.165, 1.54) is 4.90 Å². The van der Waals surface area contributed by atoms with Crippen LogP contribution in [0.15, 0.2) is 0 Å². The Bertz CT molecular complexity index is 480. The van der Waals surface area contributed by atoms with Crippen molar-refractivity contribution in [3.63, 3.8) is 0 Å². The monoisotopic (exact) mass is 482 g/mol. The zero-order valence-electron chi connectivity index (χ0n) is 17.1. The van der Waals surface area contributed by atoms with Gasteiger partial charge >= 0.3 is 0 Å². The Morgan fingerprint density at radius 2 is 1.79 bits per heavy atom. The molecule has 9 nitrogen and oxygen atoms in total. The Hall–Kier alpha value is 0.0600. The first-order valence-electron chi connectivity index (χ1n) is 9.28. The third-order valence-corrected chi connectivity index (χ3v) is 5.50. The first-order chi connectivity index (χ1) is 12.3. The van der Waals surface area contributed by atoms with Crippen LogP contribution in [0.4, 0.5) is 0 Å². The second kappa shape index (κ2) is 14.2. The molecule has 0 radical (unpaired) electrons. The maximum atomic E-state index is 12.1. The highest BCUT2D eigenvalue weighted by Crippen LogP contribution is 2.31. The van der Waals surface area contributed by atoms with Gasteiger partial charge in [-0.1, -0.05) is 0 Å². The lowest BCUT2D eigenvalue weighted by Crippen LogP contribution is -2.62. The van der Waals surface area contributed by atoms with Crippen molar-refractivity contribution >= 4 is 43.1 Å². The first-order valence-corrected chi connectivity index (χ1v) is 9.28. The van der Waals surface area contributed by atoms with Crippen LogP contribution in [0.1, 0.15) is 32.6 Å². The fourth-order valence-corrected chi connectivity index (χ4v) is 3.83. The van der Waals surface area contributed by atoms with Gasteiger partial charge in [-0.15, -0.1) is 37.2 Å². The summed E-state index contributed by atoms with van der Waals surface area (Å²) in [7, 11) is 3.16. The molecule has 29 heavy (non-hydrogen) atoms. The molecule has 0 spiro atoms. The Morgan fingerprint density at radius 1 is 1.21 bits per heavy atom. The lowest BCUT2D eigenvalue weighted by molar-refractivity contribution is -0.250. The van der Waals surface area contributed by atoms with Crippen LogP contribution in [-0.2, 0) is 19.0 Å². The Balaban J connectivity index is 0. The Morgan fingerprint density at radius 3 is 2.31 bits per heavy atom. The van der Waals surface area contributed by atoms with Crippen LogP contribution in [-0.4, -0.2) is 85.4 Å². The molecule has 176 valence electrons. The van der Waals surface area contributed by atoms with Crippen LogP contribution in [0.3, 0.4) is 0 Å². The smallest absolute Gasteiger partial charge is 0.236 e. The number of amides is 1. The second-order valence-electron chi connectivity index (χ2n) is 7.36. The van der Waals surface area contributed by atoms with Crippen LogP contribution in [0.5, 0.6) is 0 Å². The number of methoxy groups -OCH3 is 1. The highest BCUT2D eigenvalue weighted by Gasteiger charge is 2.45. The summed E-state index contributed by atoms with van der Waals surface area (Å²) in [5.74, 6) is -0.276. The number of halogens is 3. The van der Waals surface area contributed by atoms with Gasteiger partial charge in [0.25, 0.3) is 0 Å². The van der Waals surface area contributed by atoms with Crippen molar-refractivity contribution in [1.29, 1.82) is 0 Å². The number of likely N-dealkylation sites (N-methyl/N-ethyl adjacent to an activating group) is 1. The summed E-state index contributed by atoms with van der Waals surface area (Å²) >= 11 is 0. The summed E-state index contributed by atoms with van der Waals surface area (Å²) < 4.78 is 17.5. The average molecular weight is 484 g/mol. The second-order valence-corrected chi connectivity index (χ2v) is 7.36. The molecule has 1 amide bonds. The third kappa shape index (κ3) is 7.60. The zero-order chi connectivity index (χ0) is 19.4. The lowest BCUT2D eigenvalue weighted by Gasteiger charge is -2.46. The van der Waals surface area contributed by atoms with Gasteiger partial charge in [0.2, 0.25) is 5.91 Å². The maximum Gasteiger partial charge on any atom is 0.236 e. The molecule has 1 saturated carbocycles. The average Bonchev–Trinajstić information content (AvgIpc) is 2.62. The molecule has 0 bridgehead atoms. The molecule has 1 aliphatic carbocycles. The highest BCUT2D eigenvalue weighted by atomic mass is 35.5. The van der Waals surface area contributed by atoms with Crippen molar-refractivity contribution in [1.82, 2.24) is 4.90 Å². The maximum absolute atomic E-state index is 12.1. The molecule has 12 heteroatoms. The van der Waals surface area contributed by atoms with Gasteiger partial charge in [0.05, 0.1) is 36.9 Å². The van der Waals surface area contributed by atoms with E-state index in [0.717, 1.165) is 12.8 Å². The normalized spacial score (nSPS) is 35.3. The minimum atomic E-state index is -0.886. The summed E-state index contributed by atoms with van der Waals surface area (Å²) in [6, 6.07) is -0.990. The van der Waals surface area contributed by atoms with Gasteiger partial charge in [0, 0.05) is 20.2 Å². The lowest BCUT2D eigenvalue weighted by atomic mass is 9.86. The SMILES string of the molecule is COC1CCC(OC2OC(C(C)N)CCC2N)C(N(C)C(=O)CN)C1O.Cl.Cl.Cl. The molecular weight excluding hydrogens is 447 g/mol. The Labute approximate surface area is 191 Å². The van der Waals surface area contributed by atoms with E-state index >= 15 is 0 Å². The van der Waals surface area contributed by atoms with E-state index in [-0.39, 0.29) is 74.0 Å². The molecule has 1 aliphatic heterocycles. The van der Waals surface area contributed by atoms with Crippen LogP contribution in [0, 0.1) is 0 Å². The van der Waals surface area contributed by atoms with Crippen LogP contribution >= 0.6 is 37.2 Å². The molecule has 8 unspecified atom stereocenters. The molecule has 8 atom stereocenters. The first kappa shape index (κ1) is 31.2. The minimum absolute atomic E-state index is 0. The number of nitrogens with zero attached hydrogens (tertiary/aromatic N) is 1. The van der Waals surface area contributed by atoms with Gasteiger partial charge in [0.1, 0.15) is 6.10 Å². The summed E-state index contributed by atoms with van der Waals surface area (Å²) in [4.78, 5) is 13.6. The van der Waals surface area contributed by atoms with Crippen molar-refractivity contribution in [3.05, 3.63) is 0 Å². The van der Waals surface area contributed by atoms with Crippen molar-refractivity contribution in [3.8, 4) is 0 Å². The number of nitrogens with two attached hydrogens (primary N) is 3. The number of rotatable bonds is 6. The molecule has 1 saturated heterocycles. The van der Waals surface area contributed by atoms with Crippen molar-refractivity contribution < 1.29 is 24.1 Å². The molecule has 2 fully saturated rings. The van der Waals surface area contributed by atoms with Gasteiger partial charge in [-0.3, -0.25) is 4.79 Å². The predicted octanol–water partition coefficient (Wildman–Crippen LogP) is -0.228. The van der Waals surface area contributed by atoms with Crippen LogP contribution in [0.25, 0.3) is 0 Å². The van der Waals surface area contributed by atoms with Crippen molar-refractivity contribution in [2.24, 2.45) is 17.2 Å². The molecule has 2 aliphatic rings. The van der Waals surface area contributed by atoms with Crippen LogP contribution in [0.2, 0.25) is 0 Å². The molecule has 7 N–H and O–H groups in total. The van der Waals surface area contributed by atoms with E-state index in [1.54, 1.807) is 14.2 Å². The summed E-state index contributed by atoms with van der Waals surface area (Å²) in [6.07, 6.45) is 0.317. The quantitative estimate of drug-likeness (QED) is 0.405. The van der Waals surface area contributed by atoms with Crippen molar-refractivity contribution in [2.75, 3.05) is 20.7 Å². The molecule has 0 aromatic heterocycles. The van der Waals surface area contributed by atoms with E-state index in [9.17, 15) is 9.90 Å². The standard InChI is InChI=1S/C17H34N4O5.3ClH/c1-9(19)11-5-4-10(20)17(25-11)26-12-6-7-13(24-3)16(23)15(12)21(2)14(22)8-18;;;/h9-13,15-17,23H,4-8,18-20H2,1-3H3;3*1H. The van der Waals surface area contributed by atoms with Gasteiger partial charge in [0.15, 0.2) is 6.29 Å². The van der Waals surface area contributed by atoms with E-state index < -0.39 is 24.5 Å². The molecule has 0 aromatic rings. The predicted molar refractivity (Wildman–Crippen MR) is 118 cm³/mol. The highest BCUT2D eigenvalue weighted by molar-refractivity contribution is 5.86. The van der Waals surface area contributed by atoms with Crippen molar-refractivity contribution in [2.45, 2.75) is 81.4 Å². The van der Waals surface area contributed by atoms with E-state index in [2.05, 4.69) is 0 Å². The largest absolute Gasteiger partial charge is 0.388 e. The van der Waals surface area contributed by atoms with Gasteiger partial charge < -0.3 is 41.4 Å². The van der Waals surface area contributed by atoms with E-state index in [4.69, 9.17) is 31.4 Å². The number of aliphatic hydroxyl groups is 1. The summed E-state index contributed by atoms with van der Waals surface area (Å²) in [5, 5.41) is 10.7. The van der Waals surface area contributed by atoms with Gasteiger partial charge in [-0.25, -0.2) is 0 Å². The molecule has 0 aromatic carbocycles. The number of hydrogen-bond acceptors (Lipinski definition) is 8. The van der Waals surface area contributed by atoms with E-state index in [0.29, 0.717) is 12.8 Å². The number of hydrogen-bond donors (Lipinski definition) is 4. The summed E-state index contributed by atoms with van der Waals surface area (Å²) in [6.45, 7) is 1.75. The zero-order valence-corrected chi connectivity index (χ0v) is 19.6. The molecule has 1 heterocycles. The number of ether oxygens (including phenoxy) is 3. The van der Waals surface area contributed by atoms with Crippen LogP contribution < -0.4 is 17.2 Å². The van der Waals surface area contributed by atoms with E-state index in [1.807, 2.05) is 6.92 Å². The number of carbonyl (C=O) groups is 1. The Kier molecular flexibility index (Phi) is 15.3. The topological polar surface area (TPSA) is 146 Å². The number of aliphatic hydroxyl groups excluding tert-OH is 1. The van der Waals surface area contributed by atoms with Gasteiger partial charge in [-0.2, -0.15) is 0 Å².